The van der Waals surface area contributed by atoms with Crippen molar-refractivity contribution in [2.45, 2.75) is 18.9 Å². The first-order valence-corrected chi connectivity index (χ1v) is 7.10. The summed E-state index contributed by atoms with van der Waals surface area (Å²) in [6.07, 6.45) is 4.66. The van der Waals surface area contributed by atoms with E-state index in [1.165, 1.54) is 5.56 Å². The van der Waals surface area contributed by atoms with Crippen LogP contribution in [-0.2, 0) is 22.4 Å². The number of carboxylic acid groups (broad SMARTS) is 2. The highest BCUT2D eigenvalue weighted by molar-refractivity contribution is 6.01. The molecule has 8 heteroatoms. The molecule has 0 radical (unpaired) electrons. The van der Waals surface area contributed by atoms with Gasteiger partial charge in [-0.1, -0.05) is 0 Å². The van der Waals surface area contributed by atoms with Gasteiger partial charge in [0, 0.05) is 40.9 Å². The molecule has 1 atom stereocenters. The molecule has 1 heterocycles. The molecule has 8 nitrogen and oxygen atoms in total. The number of rotatable bonds is 3. The second kappa shape index (κ2) is 6.97. The fourth-order valence-electron chi connectivity index (χ4n) is 2.74. The molecule has 0 spiro atoms. The SMILES string of the molecule is NC(=O)c1ccc2[nH]cc3c2c1CC(N)C3.O=C(O)/C=C/C(=O)O. The number of benzene rings is 1. The zero-order valence-corrected chi connectivity index (χ0v) is 12.7. The molecule has 0 saturated carbocycles. The molecular formula is C16H17N3O5. The number of nitrogens with one attached hydrogen (secondary N) is 1. The molecule has 1 unspecified atom stereocenters. The van der Waals surface area contributed by atoms with Crippen LogP contribution >= 0.6 is 0 Å². The Labute approximate surface area is 136 Å². The molecule has 3 rings (SSSR count). The summed E-state index contributed by atoms with van der Waals surface area (Å²) in [6.45, 7) is 0. The third-order valence-electron chi connectivity index (χ3n) is 3.62. The van der Waals surface area contributed by atoms with Gasteiger partial charge in [0.2, 0.25) is 5.91 Å². The molecule has 0 bridgehead atoms. The summed E-state index contributed by atoms with van der Waals surface area (Å²) in [5.41, 5.74) is 15.2. The molecule has 1 aromatic heterocycles. The van der Waals surface area contributed by atoms with E-state index in [9.17, 15) is 14.4 Å². The molecule has 0 fully saturated rings. The number of primary amides is 1. The lowest BCUT2D eigenvalue weighted by Gasteiger charge is -2.20. The molecule has 1 aromatic carbocycles. The number of carbonyl (C=O) groups is 3. The monoisotopic (exact) mass is 331 g/mol. The first-order valence-electron chi connectivity index (χ1n) is 7.10. The molecular weight excluding hydrogens is 314 g/mol. The van der Waals surface area contributed by atoms with Crippen molar-refractivity contribution in [3.63, 3.8) is 0 Å². The smallest absolute Gasteiger partial charge is 0.328 e. The van der Waals surface area contributed by atoms with E-state index in [0.29, 0.717) is 17.7 Å². The maximum atomic E-state index is 11.4. The minimum absolute atomic E-state index is 0.0759. The highest BCUT2D eigenvalue weighted by Crippen LogP contribution is 2.31. The predicted octanol–water partition coefficient (Wildman–Crippen LogP) is 0.404. The Hall–Kier alpha value is -3.13. The zero-order chi connectivity index (χ0) is 17.9. The van der Waals surface area contributed by atoms with Crippen LogP contribution in [0.5, 0.6) is 0 Å². The van der Waals surface area contributed by atoms with Crippen molar-refractivity contribution < 1.29 is 24.6 Å². The van der Waals surface area contributed by atoms with Crippen molar-refractivity contribution in [2.24, 2.45) is 11.5 Å². The first kappa shape index (κ1) is 17.2. The third kappa shape index (κ3) is 3.79. The number of hydrogen-bond donors (Lipinski definition) is 5. The average molecular weight is 331 g/mol. The second-order valence-electron chi connectivity index (χ2n) is 5.37. The molecule has 1 aliphatic rings. The Kier molecular flexibility index (Phi) is 5.00. The molecule has 126 valence electrons. The van der Waals surface area contributed by atoms with Gasteiger partial charge in [-0.15, -0.1) is 0 Å². The van der Waals surface area contributed by atoms with Crippen molar-refractivity contribution in [3.8, 4) is 0 Å². The summed E-state index contributed by atoms with van der Waals surface area (Å²) >= 11 is 0. The van der Waals surface area contributed by atoms with Crippen LogP contribution in [0.15, 0.2) is 30.5 Å². The average Bonchev–Trinajstić information content (AvgIpc) is 2.90. The molecule has 7 N–H and O–H groups in total. The van der Waals surface area contributed by atoms with Gasteiger partial charge in [-0.05, 0) is 36.1 Å². The standard InChI is InChI=1S/C12H13N3O.C4H4O4/c13-7-3-6-5-15-10-2-1-8(12(14)16)9(4-7)11(6)10;5-3(6)1-2-4(7)8/h1-2,5,7,15H,3-4,13H2,(H2,14,16);1-2H,(H,5,6)(H,7,8)/b;2-1+. The zero-order valence-electron chi connectivity index (χ0n) is 12.7. The number of amides is 1. The fourth-order valence-corrected chi connectivity index (χ4v) is 2.74. The van der Waals surface area contributed by atoms with Crippen LogP contribution in [0.3, 0.4) is 0 Å². The third-order valence-corrected chi connectivity index (χ3v) is 3.62. The van der Waals surface area contributed by atoms with Crippen LogP contribution in [0.1, 0.15) is 21.5 Å². The minimum Gasteiger partial charge on any atom is -0.478 e. The van der Waals surface area contributed by atoms with Crippen LogP contribution in [0.25, 0.3) is 10.9 Å². The van der Waals surface area contributed by atoms with Crippen molar-refractivity contribution in [1.29, 1.82) is 0 Å². The van der Waals surface area contributed by atoms with E-state index in [-0.39, 0.29) is 11.9 Å². The Morgan fingerprint density at radius 1 is 1.12 bits per heavy atom. The van der Waals surface area contributed by atoms with Crippen LogP contribution in [0.4, 0.5) is 0 Å². The highest BCUT2D eigenvalue weighted by Gasteiger charge is 2.23. The maximum absolute atomic E-state index is 11.4. The van der Waals surface area contributed by atoms with E-state index in [4.69, 9.17) is 21.7 Å². The quantitative estimate of drug-likeness (QED) is 0.512. The van der Waals surface area contributed by atoms with Crippen molar-refractivity contribution in [3.05, 3.63) is 47.2 Å². The Morgan fingerprint density at radius 2 is 1.75 bits per heavy atom. The molecule has 1 aliphatic carbocycles. The van der Waals surface area contributed by atoms with Gasteiger partial charge >= 0.3 is 11.9 Å². The summed E-state index contributed by atoms with van der Waals surface area (Å²) in [5.74, 6) is -2.89. The van der Waals surface area contributed by atoms with Gasteiger partial charge in [0.15, 0.2) is 0 Å². The second-order valence-corrected chi connectivity index (χ2v) is 5.37. The molecule has 24 heavy (non-hydrogen) atoms. The van der Waals surface area contributed by atoms with Gasteiger partial charge in [0.1, 0.15) is 0 Å². The van der Waals surface area contributed by atoms with Crippen LogP contribution in [0.2, 0.25) is 0 Å². The number of H-pyrrole nitrogens is 1. The fraction of sp³-hybridized carbons (Fsp3) is 0.188. The van der Waals surface area contributed by atoms with E-state index >= 15 is 0 Å². The number of nitrogens with two attached hydrogens (primary N) is 2. The van der Waals surface area contributed by atoms with Crippen LogP contribution in [0, 0.1) is 0 Å². The van der Waals surface area contributed by atoms with Crippen molar-refractivity contribution in [2.75, 3.05) is 0 Å². The summed E-state index contributed by atoms with van der Waals surface area (Å²) in [7, 11) is 0. The van der Waals surface area contributed by atoms with Crippen LogP contribution in [-0.4, -0.2) is 39.1 Å². The van der Waals surface area contributed by atoms with Gasteiger partial charge in [-0.2, -0.15) is 0 Å². The van der Waals surface area contributed by atoms with Gasteiger partial charge in [0.25, 0.3) is 0 Å². The first-order chi connectivity index (χ1) is 11.3. The summed E-state index contributed by atoms with van der Waals surface area (Å²) in [6, 6.07) is 3.75. The van der Waals surface area contributed by atoms with E-state index in [1.54, 1.807) is 6.07 Å². The maximum Gasteiger partial charge on any atom is 0.328 e. The molecule has 0 aliphatic heterocycles. The minimum atomic E-state index is -1.26. The van der Waals surface area contributed by atoms with Crippen molar-refractivity contribution >= 4 is 28.7 Å². The van der Waals surface area contributed by atoms with Crippen LogP contribution < -0.4 is 11.5 Å². The normalized spacial score (nSPS) is 15.8. The Morgan fingerprint density at radius 3 is 2.29 bits per heavy atom. The number of carboxylic acids is 2. The summed E-state index contributed by atoms with van der Waals surface area (Å²) in [4.78, 5) is 33.7. The topological polar surface area (TPSA) is 160 Å². The lowest BCUT2D eigenvalue weighted by atomic mass is 9.86. The molecule has 0 saturated heterocycles. The Bertz CT molecular complexity index is 822. The van der Waals surface area contributed by atoms with Crippen molar-refractivity contribution in [1.82, 2.24) is 4.98 Å². The van der Waals surface area contributed by atoms with E-state index in [0.717, 1.165) is 29.3 Å². The van der Waals surface area contributed by atoms with Gasteiger partial charge in [0.05, 0.1) is 0 Å². The number of aliphatic carboxylic acids is 2. The lowest BCUT2D eigenvalue weighted by molar-refractivity contribution is -0.134. The molecule has 1 amide bonds. The van der Waals surface area contributed by atoms with Gasteiger partial charge in [-0.3, -0.25) is 4.79 Å². The Balaban J connectivity index is 0.000000224. The highest BCUT2D eigenvalue weighted by atomic mass is 16.4. The van der Waals surface area contributed by atoms with E-state index < -0.39 is 11.9 Å². The largest absolute Gasteiger partial charge is 0.478 e. The number of hydrogen-bond acceptors (Lipinski definition) is 4. The lowest BCUT2D eigenvalue weighted by Crippen LogP contribution is -2.30. The van der Waals surface area contributed by atoms with Gasteiger partial charge in [-0.25, -0.2) is 9.59 Å². The number of carbonyl (C=O) groups excluding carboxylic acids is 1. The van der Waals surface area contributed by atoms with Gasteiger partial charge < -0.3 is 26.7 Å². The summed E-state index contributed by atoms with van der Waals surface area (Å²) < 4.78 is 0. The number of aromatic nitrogens is 1. The van der Waals surface area contributed by atoms with E-state index in [1.807, 2.05) is 12.3 Å². The molecule has 2 aromatic rings. The predicted molar refractivity (Wildman–Crippen MR) is 86.6 cm³/mol. The van der Waals surface area contributed by atoms with E-state index in [2.05, 4.69) is 4.98 Å². The summed E-state index contributed by atoms with van der Waals surface area (Å²) in [5, 5.41) is 16.8. The number of aromatic amines is 1.